The Morgan fingerprint density at radius 1 is 1.21 bits per heavy atom. The number of hydrogen-bond donors (Lipinski definition) is 1. The molecule has 0 saturated carbocycles. The monoisotopic (exact) mass is 378 g/mol. The van der Waals surface area contributed by atoms with E-state index < -0.39 is 0 Å². The van der Waals surface area contributed by atoms with Crippen LogP contribution >= 0.6 is 0 Å². The van der Waals surface area contributed by atoms with E-state index in [0.29, 0.717) is 12.5 Å². The summed E-state index contributed by atoms with van der Waals surface area (Å²) in [5, 5.41) is 3.12. The second-order valence-corrected chi connectivity index (χ2v) is 8.39. The molecule has 2 aliphatic rings. The first kappa shape index (κ1) is 18.9. The van der Waals surface area contributed by atoms with Crippen LogP contribution in [0.25, 0.3) is 0 Å². The van der Waals surface area contributed by atoms with E-state index in [1.165, 1.54) is 18.4 Å². The number of hydrogen-bond acceptors (Lipinski definition) is 4. The molecule has 1 saturated heterocycles. The quantitative estimate of drug-likeness (QED) is 0.863. The molecule has 148 valence electrons. The zero-order chi connectivity index (χ0) is 19.5. The predicted octanol–water partition coefficient (Wildman–Crippen LogP) is 3.62. The smallest absolute Gasteiger partial charge is 0.225 e. The molecule has 4 rings (SSSR count). The van der Waals surface area contributed by atoms with Crippen molar-refractivity contribution in [3.8, 4) is 0 Å². The second kappa shape index (κ2) is 8.29. The number of benzene rings is 1. The molecule has 5 heteroatoms. The third-order valence-corrected chi connectivity index (χ3v) is 6.01. The Morgan fingerprint density at radius 3 is 2.68 bits per heavy atom. The van der Waals surface area contributed by atoms with Crippen molar-refractivity contribution in [2.75, 3.05) is 18.0 Å². The lowest BCUT2D eigenvalue weighted by Gasteiger charge is -2.24. The molecule has 1 aromatic carbocycles. The predicted molar refractivity (Wildman–Crippen MR) is 111 cm³/mol. The third-order valence-electron chi connectivity index (χ3n) is 6.01. The van der Waals surface area contributed by atoms with Gasteiger partial charge in [0.25, 0.3) is 0 Å². The van der Waals surface area contributed by atoms with Crippen LogP contribution in [0.2, 0.25) is 0 Å². The SMILES string of the molecule is CC(C)c1ccc(CNC(=O)[C@H]2CCc3nc(N4CCCC4)ncc3C2)cc1. The summed E-state index contributed by atoms with van der Waals surface area (Å²) in [6, 6.07) is 8.52. The van der Waals surface area contributed by atoms with Gasteiger partial charge in [-0.15, -0.1) is 0 Å². The molecule has 5 nitrogen and oxygen atoms in total. The van der Waals surface area contributed by atoms with Gasteiger partial charge in [0.05, 0.1) is 0 Å². The highest BCUT2D eigenvalue weighted by atomic mass is 16.1. The molecular formula is C23H30N4O. The topological polar surface area (TPSA) is 58.1 Å². The molecular weight excluding hydrogens is 348 g/mol. The highest BCUT2D eigenvalue weighted by Gasteiger charge is 2.27. The highest BCUT2D eigenvalue weighted by Crippen LogP contribution is 2.26. The van der Waals surface area contributed by atoms with Crippen molar-refractivity contribution in [3.63, 3.8) is 0 Å². The van der Waals surface area contributed by atoms with Crippen LogP contribution in [0.1, 0.15) is 61.4 Å². The summed E-state index contributed by atoms with van der Waals surface area (Å²) in [7, 11) is 0. The van der Waals surface area contributed by atoms with Crippen LogP contribution in [0.15, 0.2) is 30.5 Å². The Hall–Kier alpha value is -2.43. The largest absolute Gasteiger partial charge is 0.352 e. The minimum atomic E-state index is 0.0173. The number of fused-ring (bicyclic) bond motifs is 1. The van der Waals surface area contributed by atoms with Crippen molar-refractivity contribution in [1.29, 1.82) is 0 Å². The highest BCUT2D eigenvalue weighted by molar-refractivity contribution is 5.79. The molecule has 1 amide bonds. The molecule has 1 aliphatic carbocycles. The van der Waals surface area contributed by atoms with Crippen LogP contribution < -0.4 is 10.2 Å². The molecule has 28 heavy (non-hydrogen) atoms. The van der Waals surface area contributed by atoms with E-state index >= 15 is 0 Å². The maximum absolute atomic E-state index is 12.7. The van der Waals surface area contributed by atoms with Crippen molar-refractivity contribution in [3.05, 3.63) is 52.8 Å². The lowest BCUT2D eigenvalue weighted by atomic mass is 9.86. The van der Waals surface area contributed by atoms with E-state index in [2.05, 4.69) is 53.3 Å². The van der Waals surface area contributed by atoms with E-state index in [1.807, 2.05) is 6.20 Å². The Balaban J connectivity index is 1.34. The van der Waals surface area contributed by atoms with Crippen molar-refractivity contribution in [2.45, 2.75) is 58.4 Å². The lowest BCUT2D eigenvalue weighted by Crippen LogP contribution is -2.34. The number of nitrogens with zero attached hydrogens (tertiary/aromatic N) is 3. The third kappa shape index (κ3) is 4.18. The van der Waals surface area contributed by atoms with Gasteiger partial charge in [-0.05, 0) is 54.7 Å². The molecule has 0 bridgehead atoms. The van der Waals surface area contributed by atoms with Gasteiger partial charge in [0.2, 0.25) is 11.9 Å². The minimum absolute atomic E-state index is 0.0173. The van der Waals surface area contributed by atoms with Crippen LogP contribution in [0.3, 0.4) is 0 Å². The Labute approximate surface area is 167 Å². The zero-order valence-corrected chi connectivity index (χ0v) is 16.9. The van der Waals surface area contributed by atoms with Gasteiger partial charge in [-0.2, -0.15) is 0 Å². The molecule has 1 fully saturated rings. The summed E-state index contributed by atoms with van der Waals surface area (Å²) >= 11 is 0. The maximum Gasteiger partial charge on any atom is 0.225 e. The fourth-order valence-electron chi connectivity index (χ4n) is 4.14. The van der Waals surface area contributed by atoms with Gasteiger partial charge in [0.15, 0.2) is 0 Å². The van der Waals surface area contributed by atoms with Crippen molar-refractivity contribution >= 4 is 11.9 Å². The number of nitrogens with one attached hydrogen (secondary N) is 1. The average molecular weight is 379 g/mol. The van der Waals surface area contributed by atoms with E-state index in [0.717, 1.165) is 55.1 Å². The molecule has 1 aliphatic heterocycles. The Kier molecular flexibility index (Phi) is 5.60. The number of carbonyl (C=O) groups excluding carboxylic acids is 1. The van der Waals surface area contributed by atoms with Crippen molar-refractivity contribution in [1.82, 2.24) is 15.3 Å². The number of rotatable bonds is 5. The summed E-state index contributed by atoms with van der Waals surface area (Å²) in [4.78, 5) is 24.3. The summed E-state index contributed by atoms with van der Waals surface area (Å²) in [6.45, 7) is 7.08. The summed E-state index contributed by atoms with van der Waals surface area (Å²) in [6.07, 6.45) is 6.86. The normalized spacial score (nSPS) is 19.0. The first-order chi connectivity index (χ1) is 13.6. The first-order valence-electron chi connectivity index (χ1n) is 10.6. The van der Waals surface area contributed by atoms with E-state index in [9.17, 15) is 4.79 Å². The second-order valence-electron chi connectivity index (χ2n) is 8.39. The van der Waals surface area contributed by atoms with Gasteiger partial charge in [0.1, 0.15) is 0 Å². The molecule has 1 N–H and O–H groups in total. The van der Waals surface area contributed by atoms with Crippen LogP contribution in [0, 0.1) is 5.92 Å². The van der Waals surface area contributed by atoms with E-state index in [1.54, 1.807) is 0 Å². The van der Waals surface area contributed by atoms with Crippen molar-refractivity contribution in [2.24, 2.45) is 5.92 Å². The molecule has 2 heterocycles. The number of carbonyl (C=O) groups is 1. The number of anilines is 1. The molecule has 0 radical (unpaired) electrons. The maximum atomic E-state index is 12.7. The van der Waals surface area contributed by atoms with Crippen molar-refractivity contribution < 1.29 is 4.79 Å². The van der Waals surface area contributed by atoms with E-state index in [-0.39, 0.29) is 11.8 Å². The first-order valence-corrected chi connectivity index (χ1v) is 10.6. The summed E-state index contributed by atoms with van der Waals surface area (Å²) in [5.41, 5.74) is 4.74. The van der Waals surface area contributed by atoms with Crippen LogP contribution in [-0.2, 0) is 24.2 Å². The molecule has 2 aromatic rings. The molecule has 0 spiro atoms. The average Bonchev–Trinajstić information content (AvgIpc) is 3.26. The van der Waals surface area contributed by atoms with Gasteiger partial charge < -0.3 is 10.2 Å². The summed E-state index contributed by atoms with van der Waals surface area (Å²) in [5.74, 6) is 1.55. The van der Waals surface area contributed by atoms with Gasteiger partial charge >= 0.3 is 0 Å². The molecule has 1 atom stereocenters. The molecule has 0 unspecified atom stereocenters. The number of amides is 1. The Morgan fingerprint density at radius 2 is 1.96 bits per heavy atom. The fourth-order valence-corrected chi connectivity index (χ4v) is 4.14. The fraction of sp³-hybridized carbons (Fsp3) is 0.522. The lowest BCUT2D eigenvalue weighted by molar-refractivity contribution is -0.125. The summed E-state index contributed by atoms with van der Waals surface area (Å²) < 4.78 is 0. The van der Waals surface area contributed by atoms with Gasteiger partial charge in [-0.3, -0.25) is 4.79 Å². The standard InChI is InChI=1S/C23H30N4O/c1-16(2)18-7-5-17(6-8-18)14-24-22(28)19-9-10-21-20(13-19)15-25-23(26-21)27-11-3-4-12-27/h5-8,15-16,19H,3-4,9-14H2,1-2H3,(H,24,28)/t19-/m0/s1. The van der Waals surface area contributed by atoms with Crippen LogP contribution in [0.4, 0.5) is 5.95 Å². The minimum Gasteiger partial charge on any atom is -0.352 e. The van der Waals surface area contributed by atoms with Gasteiger partial charge in [-0.1, -0.05) is 38.1 Å². The molecule has 1 aromatic heterocycles. The van der Waals surface area contributed by atoms with Gasteiger partial charge in [0, 0.05) is 37.4 Å². The van der Waals surface area contributed by atoms with E-state index in [4.69, 9.17) is 4.98 Å². The van der Waals surface area contributed by atoms with Crippen LogP contribution in [-0.4, -0.2) is 29.0 Å². The Bertz CT molecular complexity index is 825. The number of aromatic nitrogens is 2. The van der Waals surface area contributed by atoms with Crippen LogP contribution in [0.5, 0.6) is 0 Å². The number of aryl methyl sites for hydroxylation is 1. The van der Waals surface area contributed by atoms with Gasteiger partial charge in [-0.25, -0.2) is 9.97 Å². The zero-order valence-electron chi connectivity index (χ0n) is 16.9.